The number of esters is 1. The number of barbiturate groups is 1. The van der Waals surface area contributed by atoms with Gasteiger partial charge in [-0.15, -0.1) is 0 Å². The highest BCUT2D eigenvalue weighted by Gasteiger charge is 2.37. The number of urea groups is 1. The van der Waals surface area contributed by atoms with E-state index in [1.807, 2.05) is 31.4 Å². The Balaban J connectivity index is 1.79. The number of carbonyl (C=O) groups excluding carboxylic acids is 4. The van der Waals surface area contributed by atoms with E-state index in [0.29, 0.717) is 28.2 Å². The van der Waals surface area contributed by atoms with Gasteiger partial charge in [0.1, 0.15) is 5.57 Å². The SMILES string of the molecule is COC(=O)c1ccccc1-n1c(C)cc(/C=C2\C(=O)NC(=O)N(c3ccc(Br)c(C)c3)C2=O)c1C. The van der Waals surface area contributed by atoms with Crippen LogP contribution in [-0.4, -0.2) is 35.5 Å². The Bertz CT molecular complexity index is 1440. The molecular weight excluding hydrogens is 514 g/mol. The number of anilines is 1. The zero-order valence-electron chi connectivity index (χ0n) is 19.5. The highest BCUT2D eigenvalue weighted by Crippen LogP contribution is 2.29. The van der Waals surface area contributed by atoms with Crippen molar-refractivity contribution >= 4 is 51.5 Å². The van der Waals surface area contributed by atoms with Crippen LogP contribution in [0.5, 0.6) is 0 Å². The summed E-state index contributed by atoms with van der Waals surface area (Å²) in [5, 5.41) is 2.25. The molecular formula is C26H22BrN3O5. The molecule has 0 saturated carbocycles. The second kappa shape index (κ2) is 9.34. The lowest BCUT2D eigenvalue weighted by molar-refractivity contribution is -0.122. The van der Waals surface area contributed by atoms with Crippen LogP contribution in [0.25, 0.3) is 11.8 Å². The molecule has 1 aliphatic rings. The molecule has 1 saturated heterocycles. The molecule has 1 N–H and O–H groups in total. The first-order chi connectivity index (χ1) is 16.6. The van der Waals surface area contributed by atoms with Crippen molar-refractivity contribution in [2.45, 2.75) is 20.8 Å². The molecule has 9 heteroatoms. The van der Waals surface area contributed by atoms with Crippen LogP contribution in [0.3, 0.4) is 0 Å². The zero-order valence-corrected chi connectivity index (χ0v) is 21.1. The molecule has 8 nitrogen and oxygen atoms in total. The number of benzene rings is 2. The maximum absolute atomic E-state index is 13.3. The minimum Gasteiger partial charge on any atom is -0.465 e. The molecule has 0 aliphatic carbocycles. The minimum atomic E-state index is -0.809. The van der Waals surface area contributed by atoms with Crippen LogP contribution < -0.4 is 10.2 Å². The van der Waals surface area contributed by atoms with Crippen LogP contribution in [0.2, 0.25) is 0 Å². The van der Waals surface area contributed by atoms with Crippen molar-refractivity contribution in [3.8, 4) is 5.69 Å². The molecule has 0 atom stereocenters. The van der Waals surface area contributed by atoms with Gasteiger partial charge in [-0.3, -0.25) is 14.9 Å². The molecule has 3 aromatic rings. The van der Waals surface area contributed by atoms with Gasteiger partial charge in [-0.25, -0.2) is 14.5 Å². The van der Waals surface area contributed by atoms with E-state index in [1.54, 1.807) is 42.5 Å². The van der Waals surface area contributed by atoms with Crippen molar-refractivity contribution in [3.63, 3.8) is 0 Å². The van der Waals surface area contributed by atoms with E-state index in [2.05, 4.69) is 21.2 Å². The van der Waals surface area contributed by atoms with E-state index in [1.165, 1.54) is 13.2 Å². The van der Waals surface area contributed by atoms with Crippen LogP contribution >= 0.6 is 15.9 Å². The molecule has 1 fully saturated rings. The largest absolute Gasteiger partial charge is 0.465 e. The number of ether oxygens (including phenoxy) is 1. The van der Waals surface area contributed by atoms with Crippen LogP contribution in [0.15, 0.2) is 58.6 Å². The first-order valence-electron chi connectivity index (χ1n) is 10.7. The van der Waals surface area contributed by atoms with Gasteiger partial charge in [0, 0.05) is 15.9 Å². The highest BCUT2D eigenvalue weighted by molar-refractivity contribution is 9.10. The van der Waals surface area contributed by atoms with Gasteiger partial charge >= 0.3 is 12.0 Å². The smallest absolute Gasteiger partial charge is 0.339 e. The van der Waals surface area contributed by atoms with Crippen LogP contribution in [-0.2, 0) is 14.3 Å². The number of halogens is 1. The molecule has 2 aromatic carbocycles. The van der Waals surface area contributed by atoms with E-state index in [-0.39, 0.29) is 5.57 Å². The summed E-state index contributed by atoms with van der Waals surface area (Å²) in [6.07, 6.45) is 1.46. The van der Waals surface area contributed by atoms with Gasteiger partial charge in [0.25, 0.3) is 11.8 Å². The standard InChI is InChI=1S/C26H22BrN3O5/c1-14-11-18(9-10-21(14)27)30-24(32)20(23(31)28-26(30)34)13-17-12-15(2)29(16(17)3)22-8-6-5-7-19(22)25(33)35-4/h5-13H,1-4H3,(H,28,31,34)/b20-13+. The number of aryl methyl sites for hydroxylation is 2. The van der Waals surface area contributed by atoms with E-state index >= 15 is 0 Å². The second-order valence-corrected chi connectivity index (χ2v) is 8.92. The Morgan fingerprint density at radius 3 is 2.43 bits per heavy atom. The van der Waals surface area contributed by atoms with E-state index in [4.69, 9.17) is 4.74 Å². The van der Waals surface area contributed by atoms with Crippen LogP contribution in [0.1, 0.15) is 32.9 Å². The van der Waals surface area contributed by atoms with E-state index in [9.17, 15) is 19.2 Å². The highest BCUT2D eigenvalue weighted by atomic mass is 79.9. The van der Waals surface area contributed by atoms with E-state index < -0.39 is 23.8 Å². The normalized spacial score (nSPS) is 14.9. The maximum atomic E-state index is 13.3. The number of carbonyl (C=O) groups is 4. The second-order valence-electron chi connectivity index (χ2n) is 8.06. The topological polar surface area (TPSA) is 97.7 Å². The Morgan fingerprint density at radius 2 is 1.74 bits per heavy atom. The van der Waals surface area contributed by atoms with Crippen molar-refractivity contribution in [2.75, 3.05) is 12.0 Å². The molecule has 4 rings (SSSR count). The van der Waals surface area contributed by atoms with Crippen molar-refractivity contribution in [3.05, 3.63) is 86.7 Å². The molecule has 1 aromatic heterocycles. The number of aromatic nitrogens is 1. The molecule has 35 heavy (non-hydrogen) atoms. The molecule has 0 bridgehead atoms. The maximum Gasteiger partial charge on any atom is 0.339 e. The lowest BCUT2D eigenvalue weighted by atomic mass is 10.1. The average molecular weight is 536 g/mol. The van der Waals surface area contributed by atoms with Gasteiger partial charge in [0.05, 0.1) is 24.0 Å². The zero-order chi connectivity index (χ0) is 25.4. The number of nitrogens with one attached hydrogen (secondary N) is 1. The molecule has 178 valence electrons. The Hall–Kier alpha value is -3.98. The molecule has 1 aliphatic heterocycles. The van der Waals surface area contributed by atoms with Crippen molar-refractivity contribution in [1.82, 2.24) is 9.88 Å². The third kappa shape index (κ3) is 4.30. The first kappa shape index (κ1) is 24.2. The average Bonchev–Trinajstić information content (AvgIpc) is 3.10. The summed E-state index contributed by atoms with van der Waals surface area (Å²) in [5.41, 5.74) is 4.09. The summed E-state index contributed by atoms with van der Waals surface area (Å²) in [5.74, 6) is -1.97. The van der Waals surface area contributed by atoms with Gasteiger partial charge in [-0.2, -0.15) is 0 Å². The Labute approximate surface area is 210 Å². The number of nitrogens with zero attached hydrogens (tertiary/aromatic N) is 2. The first-order valence-corrected chi connectivity index (χ1v) is 11.5. The number of hydrogen-bond acceptors (Lipinski definition) is 5. The summed E-state index contributed by atoms with van der Waals surface area (Å²) in [7, 11) is 1.32. The molecule has 4 amide bonds. The molecule has 0 radical (unpaired) electrons. The molecule has 2 heterocycles. The van der Waals surface area contributed by atoms with Gasteiger partial charge in [-0.1, -0.05) is 28.1 Å². The number of imide groups is 2. The number of hydrogen-bond donors (Lipinski definition) is 1. The Morgan fingerprint density at radius 1 is 1.03 bits per heavy atom. The minimum absolute atomic E-state index is 0.174. The van der Waals surface area contributed by atoms with Crippen molar-refractivity contribution < 1.29 is 23.9 Å². The number of rotatable bonds is 4. The quantitative estimate of drug-likeness (QED) is 0.298. The Kier molecular flexibility index (Phi) is 6.45. The van der Waals surface area contributed by atoms with Gasteiger partial charge in [0.15, 0.2) is 0 Å². The lowest BCUT2D eigenvalue weighted by Crippen LogP contribution is -2.54. The fourth-order valence-corrected chi connectivity index (χ4v) is 4.32. The number of methoxy groups -OCH3 is 1. The molecule has 0 unspecified atom stereocenters. The monoisotopic (exact) mass is 535 g/mol. The van der Waals surface area contributed by atoms with E-state index in [0.717, 1.165) is 20.6 Å². The van der Waals surface area contributed by atoms with Gasteiger partial charge in [-0.05, 0) is 74.4 Å². The predicted molar refractivity (Wildman–Crippen MR) is 134 cm³/mol. The number of amides is 4. The van der Waals surface area contributed by atoms with Gasteiger partial charge < -0.3 is 9.30 Å². The fraction of sp³-hybridized carbons (Fsp3) is 0.154. The number of para-hydroxylation sites is 1. The van der Waals surface area contributed by atoms with Crippen LogP contribution in [0.4, 0.5) is 10.5 Å². The van der Waals surface area contributed by atoms with Crippen molar-refractivity contribution in [2.24, 2.45) is 0 Å². The predicted octanol–water partition coefficient (Wildman–Crippen LogP) is 4.62. The fourth-order valence-electron chi connectivity index (χ4n) is 4.07. The third-order valence-corrected chi connectivity index (χ3v) is 6.71. The van der Waals surface area contributed by atoms with Crippen molar-refractivity contribution in [1.29, 1.82) is 0 Å². The lowest BCUT2D eigenvalue weighted by Gasteiger charge is -2.26. The summed E-state index contributed by atoms with van der Waals surface area (Å²) in [6.45, 7) is 5.51. The summed E-state index contributed by atoms with van der Waals surface area (Å²) >= 11 is 3.40. The summed E-state index contributed by atoms with van der Waals surface area (Å²) < 4.78 is 7.60. The summed E-state index contributed by atoms with van der Waals surface area (Å²) in [4.78, 5) is 51.7. The van der Waals surface area contributed by atoms with Gasteiger partial charge in [0.2, 0.25) is 0 Å². The molecule has 0 spiro atoms. The third-order valence-electron chi connectivity index (χ3n) is 5.82. The van der Waals surface area contributed by atoms with Crippen LogP contribution in [0, 0.1) is 20.8 Å². The summed E-state index contributed by atoms with van der Waals surface area (Å²) in [6, 6.07) is 13.0.